The van der Waals surface area contributed by atoms with Crippen LogP contribution in [0.5, 0.6) is 0 Å². The molecule has 8 heteroatoms. The third-order valence-electron chi connectivity index (χ3n) is 0.998. The Labute approximate surface area is 77.8 Å². The molecule has 0 spiro atoms. The first-order valence-corrected chi connectivity index (χ1v) is 3.41. The third-order valence-corrected chi connectivity index (χ3v) is 1.31. The van der Waals surface area contributed by atoms with E-state index in [1.165, 1.54) is 0 Å². The van der Waals surface area contributed by atoms with E-state index in [4.69, 9.17) is 0 Å². The molecule has 0 aromatic rings. The topological polar surface area (TPSA) is 9.23 Å². The maximum atomic E-state index is 12.1. The van der Waals surface area contributed by atoms with E-state index >= 15 is 0 Å². The van der Waals surface area contributed by atoms with Crippen molar-refractivity contribution in [2.45, 2.75) is 18.3 Å². The van der Waals surface area contributed by atoms with Crippen LogP contribution in [-0.2, 0) is 3.07 Å². The number of rotatable bonds is 4. The summed E-state index contributed by atoms with van der Waals surface area (Å²) in [6.07, 6.45) is -4.40. The van der Waals surface area contributed by atoms with Gasteiger partial charge in [0.1, 0.15) is 29.6 Å². The molecule has 12 heavy (non-hydrogen) atoms. The molecule has 0 saturated carbocycles. The molecule has 0 radical (unpaired) electrons. The lowest BCUT2D eigenvalue weighted by Crippen LogP contribution is -2.48. The van der Waals surface area contributed by atoms with Gasteiger partial charge in [0, 0.05) is 0 Å². The first-order chi connectivity index (χ1) is 5.25. The first-order valence-electron chi connectivity index (χ1n) is 2.53. The first kappa shape index (κ1) is 12.3. The van der Waals surface area contributed by atoms with Crippen molar-refractivity contribution in [3.05, 3.63) is 0 Å². The molecular weight excluding hydrogens is 305 g/mol. The number of hydrogen-bond donors (Lipinski definition) is 0. The van der Waals surface area contributed by atoms with Gasteiger partial charge in [-0.15, -0.1) is 0 Å². The van der Waals surface area contributed by atoms with Gasteiger partial charge in [-0.3, -0.25) is 0 Å². The van der Waals surface area contributed by atoms with E-state index in [0.29, 0.717) is 0 Å². The summed E-state index contributed by atoms with van der Waals surface area (Å²) in [6, 6.07) is 0. The molecule has 0 bridgehead atoms. The van der Waals surface area contributed by atoms with Gasteiger partial charge in [0.25, 0.3) is 0 Å². The van der Waals surface area contributed by atoms with Crippen molar-refractivity contribution in [1.82, 2.24) is 0 Å². The quantitative estimate of drug-likeness (QED) is 0.573. The molecule has 0 aliphatic heterocycles. The van der Waals surface area contributed by atoms with E-state index in [0.717, 1.165) is 23.0 Å². The molecule has 0 atom stereocenters. The Hall–Kier alpha value is 0.270. The van der Waals surface area contributed by atoms with Crippen LogP contribution in [0.15, 0.2) is 0 Å². The van der Waals surface area contributed by atoms with Gasteiger partial charge in [-0.05, 0) is 0 Å². The largest absolute Gasteiger partial charge is 0.371 e. The lowest BCUT2D eigenvalue weighted by molar-refractivity contribution is -0.269. The highest BCUT2D eigenvalue weighted by Crippen LogP contribution is 2.39. The van der Waals surface area contributed by atoms with E-state index in [1.54, 1.807) is 0 Å². The van der Waals surface area contributed by atoms with Gasteiger partial charge in [-0.25, -0.2) is 8.78 Å². The van der Waals surface area contributed by atoms with E-state index in [1.807, 2.05) is 0 Å². The third kappa shape index (κ3) is 2.38. The summed E-state index contributed by atoms with van der Waals surface area (Å²) < 4.78 is 74.4. The van der Waals surface area contributed by atoms with Crippen molar-refractivity contribution >= 4 is 23.0 Å². The fraction of sp³-hybridized carbons (Fsp3) is 1.00. The van der Waals surface area contributed by atoms with Crippen LogP contribution in [0.3, 0.4) is 0 Å². The second-order valence-corrected chi connectivity index (χ2v) is 2.50. The minimum absolute atomic E-state index is 0.918. The lowest BCUT2D eigenvalue weighted by Gasteiger charge is -2.24. The summed E-state index contributed by atoms with van der Waals surface area (Å²) in [5, 5.41) is 0. The van der Waals surface area contributed by atoms with Gasteiger partial charge in [-0.1, -0.05) is 0 Å². The van der Waals surface area contributed by atoms with Crippen LogP contribution >= 0.6 is 23.0 Å². The maximum absolute atomic E-state index is 12.1. The highest BCUT2D eigenvalue weighted by Gasteiger charge is 2.62. The van der Waals surface area contributed by atoms with Crippen LogP contribution in [0.1, 0.15) is 0 Å². The molecule has 0 heterocycles. The molecule has 0 aromatic heterocycles. The van der Waals surface area contributed by atoms with Crippen LogP contribution in [0.4, 0.5) is 26.3 Å². The zero-order valence-electron chi connectivity index (χ0n) is 5.34. The van der Waals surface area contributed by atoms with E-state index < -0.39 is 24.9 Å². The Morgan fingerprint density at radius 3 is 1.83 bits per heavy atom. The summed E-state index contributed by atoms with van der Waals surface area (Å²) in [6.45, 7) is -1.75. The van der Waals surface area contributed by atoms with Crippen molar-refractivity contribution in [3.63, 3.8) is 0 Å². The SMILES string of the molecule is FC(F)C(F)(F)C(F)(F)COI. The Balaban J connectivity index is 4.50. The minimum atomic E-state index is -5.35. The summed E-state index contributed by atoms with van der Waals surface area (Å²) in [7, 11) is 0. The van der Waals surface area contributed by atoms with Gasteiger partial charge in [0.15, 0.2) is 0 Å². The van der Waals surface area contributed by atoms with Crippen LogP contribution in [0, 0.1) is 0 Å². The Morgan fingerprint density at radius 1 is 1.17 bits per heavy atom. The number of halogens is 7. The van der Waals surface area contributed by atoms with Crippen LogP contribution in [0.25, 0.3) is 0 Å². The van der Waals surface area contributed by atoms with Crippen molar-refractivity contribution in [1.29, 1.82) is 0 Å². The molecule has 74 valence electrons. The van der Waals surface area contributed by atoms with Crippen LogP contribution in [-0.4, -0.2) is 24.9 Å². The van der Waals surface area contributed by atoms with Gasteiger partial charge in [-0.2, -0.15) is 17.6 Å². The molecule has 0 saturated heterocycles. The molecule has 0 N–H and O–H groups in total. The molecule has 0 aromatic carbocycles. The fourth-order valence-corrected chi connectivity index (χ4v) is 0.715. The minimum Gasteiger partial charge on any atom is -0.309 e. The van der Waals surface area contributed by atoms with Gasteiger partial charge < -0.3 is 3.07 Å². The fourth-order valence-electron chi connectivity index (χ4n) is 0.324. The van der Waals surface area contributed by atoms with Gasteiger partial charge in [0.2, 0.25) is 0 Å². The Bertz CT molecular complexity index is 148. The highest BCUT2D eigenvalue weighted by molar-refractivity contribution is 14.1. The molecule has 1 nitrogen and oxygen atoms in total. The second-order valence-electron chi connectivity index (χ2n) is 1.88. The molecule has 0 unspecified atom stereocenters. The zero-order valence-corrected chi connectivity index (χ0v) is 7.50. The average molecular weight is 308 g/mol. The van der Waals surface area contributed by atoms with Crippen molar-refractivity contribution < 1.29 is 29.4 Å². The summed E-state index contributed by atoms with van der Waals surface area (Å²) in [5.41, 5.74) is 0. The molecule has 0 aliphatic carbocycles. The normalized spacial score (nSPS) is 14.0. The molecular formula is C4H3F6IO. The van der Waals surface area contributed by atoms with Crippen molar-refractivity contribution in [2.24, 2.45) is 0 Å². The van der Waals surface area contributed by atoms with E-state index in [2.05, 4.69) is 3.07 Å². The molecule has 0 fully saturated rings. The zero-order chi connectivity index (χ0) is 9.99. The predicted octanol–water partition coefficient (Wildman–Crippen LogP) is 2.89. The van der Waals surface area contributed by atoms with Crippen LogP contribution in [0.2, 0.25) is 0 Å². The van der Waals surface area contributed by atoms with Crippen molar-refractivity contribution in [3.8, 4) is 0 Å². The van der Waals surface area contributed by atoms with Crippen LogP contribution < -0.4 is 0 Å². The van der Waals surface area contributed by atoms with Gasteiger partial charge >= 0.3 is 18.3 Å². The monoisotopic (exact) mass is 308 g/mol. The maximum Gasteiger partial charge on any atom is 0.371 e. The lowest BCUT2D eigenvalue weighted by atomic mass is 10.2. The summed E-state index contributed by atoms with van der Waals surface area (Å²) in [4.78, 5) is 0. The summed E-state index contributed by atoms with van der Waals surface area (Å²) >= 11 is 0.918. The van der Waals surface area contributed by atoms with Crippen molar-refractivity contribution in [2.75, 3.05) is 6.61 Å². The highest BCUT2D eigenvalue weighted by atomic mass is 127. The van der Waals surface area contributed by atoms with E-state index in [9.17, 15) is 26.3 Å². The average Bonchev–Trinajstić information content (AvgIpc) is 1.86. The van der Waals surface area contributed by atoms with Gasteiger partial charge in [0.05, 0.1) is 0 Å². The van der Waals surface area contributed by atoms with E-state index in [-0.39, 0.29) is 0 Å². The molecule has 0 rings (SSSR count). The smallest absolute Gasteiger partial charge is 0.309 e. The Morgan fingerprint density at radius 2 is 1.58 bits per heavy atom. The predicted molar refractivity (Wildman–Crippen MR) is 35.9 cm³/mol. The molecule has 0 aliphatic rings. The second kappa shape index (κ2) is 3.99. The Kier molecular flexibility index (Phi) is 4.08. The number of hydrogen-bond acceptors (Lipinski definition) is 1. The summed E-state index contributed by atoms with van der Waals surface area (Å²) in [5.74, 6) is -10.2. The number of alkyl halides is 6. The standard InChI is InChI=1S/C4H3F6IO/c5-2(6)4(9,10)3(7,8)1-12-11/h2H,1H2. The molecule has 0 amide bonds.